The molecule has 0 aromatic heterocycles. The molecule has 0 saturated heterocycles. The Bertz CT molecular complexity index is 346. The lowest BCUT2D eigenvalue weighted by Crippen LogP contribution is -2.38. The summed E-state index contributed by atoms with van der Waals surface area (Å²) in [6, 6.07) is 9.31. The third kappa shape index (κ3) is 3.54. The first-order valence-electron chi connectivity index (χ1n) is 6.38. The highest BCUT2D eigenvalue weighted by atomic mass is 79.9. The van der Waals surface area contributed by atoms with E-state index in [1.165, 1.54) is 24.8 Å². The zero-order valence-corrected chi connectivity index (χ0v) is 12.0. The van der Waals surface area contributed by atoms with Gasteiger partial charge in [-0.2, -0.15) is 0 Å². The third-order valence-electron chi connectivity index (χ3n) is 3.79. The molecule has 1 atom stereocenters. The highest BCUT2D eigenvalue weighted by molar-refractivity contribution is 9.10. The SMILES string of the molecule is CN(CCC(N)c1ccc(Br)cc1)C1CCC1. The van der Waals surface area contributed by atoms with E-state index in [-0.39, 0.29) is 6.04 Å². The highest BCUT2D eigenvalue weighted by Crippen LogP contribution is 2.24. The Balaban J connectivity index is 1.80. The molecule has 0 radical (unpaired) electrons. The Labute approximate surface area is 112 Å². The molecule has 1 unspecified atom stereocenters. The van der Waals surface area contributed by atoms with Gasteiger partial charge in [0, 0.05) is 16.6 Å². The van der Waals surface area contributed by atoms with Crippen molar-refractivity contribution in [2.45, 2.75) is 37.8 Å². The summed E-state index contributed by atoms with van der Waals surface area (Å²) in [6.45, 7) is 1.10. The normalized spacial score (nSPS) is 18.1. The maximum absolute atomic E-state index is 6.21. The van der Waals surface area contributed by atoms with Crippen LogP contribution in [0.25, 0.3) is 0 Å². The Hall–Kier alpha value is -0.380. The molecule has 2 rings (SSSR count). The van der Waals surface area contributed by atoms with Crippen molar-refractivity contribution in [1.82, 2.24) is 4.90 Å². The maximum Gasteiger partial charge on any atom is 0.0307 e. The minimum atomic E-state index is 0.158. The van der Waals surface area contributed by atoms with Gasteiger partial charge in [0.25, 0.3) is 0 Å². The van der Waals surface area contributed by atoms with Crippen molar-refractivity contribution in [2.24, 2.45) is 5.73 Å². The Morgan fingerprint density at radius 3 is 2.53 bits per heavy atom. The number of hydrogen-bond donors (Lipinski definition) is 1. The largest absolute Gasteiger partial charge is 0.324 e. The lowest BCUT2D eigenvalue weighted by Gasteiger charge is -2.35. The molecule has 1 aliphatic rings. The van der Waals surface area contributed by atoms with E-state index in [1.807, 2.05) is 0 Å². The van der Waals surface area contributed by atoms with Gasteiger partial charge in [-0.05, 0) is 50.6 Å². The van der Waals surface area contributed by atoms with E-state index in [2.05, 4.69) is 52.1 Å². The summed E-state index contributed by atoms with van der Waals surface area (Å²) in [5, 5.41) is 0. The van der Waals surface area contributed by atoms with E-state index in [1.54, 1.807) is 0 Å². The van der Waals surface area contributed by atoms with E-state index in [0.29, 0.717) is 0 Å². The molecule has 94 valence electrons. The molecule has 1 aromatic carbocycles. The molecule has 1 fully saturated rings. The molecule has 2 nitrogen and oxygen atoms in total. The highest BCUT2D eigenvalue weighted by Gasteiger charge is 2.21. The second kappa shape index (κ2) is 5.98. The van der Waals surface area contributed by atoms with Crippen molar-refractivity contribution in [3.05, 3.63) is 34.3 Å². The van der Waals surface area contributed by atoms with Gasteiger partial charge in [0.1, 0.15) is 0 Å². The van der Waals surface area contributed by atoms with E-state index >= 15 is 0 Å². The van der Waals surface area contributed by atoms with Gasteiger partial charge in [-0.1, -0.05) is 34.5 Å². The number of nitrogens with two attached hydrogens (primary N) is 1. The first-order chi connectivity index (χ1) is 8.16. The third-order valence-corrected chi connectivity index (χ3v) is 4.32. The summed E-state index contributed by atoms with van der Waals surface area (Å²) >= 11 is 3.44. The van der Waals surface area contributed by atoms with Gasteiger partial charge in [0.15, 0.2) is 0 Å². The number of halogens is 1. The van der Waals surface area contributed by atoms with Gasteiger partial charge in [0.05, 0.1) is 0 Å². The van der Waals surface area contributed by atoms with Crippen molar-refractivity contribution in [3.63, 3.8) is 0 Å². The van der Waals surface area contributed by atoms with Crippen molar-refractivity contribution in [1.29, 1.82) is 0 Å². The first kappa shape index (κ1) is 13.1. The fourth-order valence-electron chi connectivity index (χ4n) is 2.23. The zero-order chi connectivity index (χ0) is 12.3. The number of hydrogen-bond acceptors (Lipinski definition) is 2. The van der Waals surface area contributed by atoms with Gasteiger partial charge in [0.2, 0.25) is 0 Å². The van der Waals surface area contributed by atoms with Crippen molar-refractivity contribution in [2.75, 3.05) is 13.6 Å². The second-order valence-corrected chi connectivity index (χ2v) is 5.93. The van der Waals surface area contributed by atoms with Crippen LogP contribution < -0.4 is 5.73 Å². The van der Waals surface area contributed by atoms with Crippen LogP contribution in [0.15, 0.2) is 28.7 Å². The molecule has 2 N–H and O–H groups in total. The van der Waals surface area contributed by atoms with Crippen molar-refractivity contribution >= 4 is 15.9 Å². The monoisotopic (exact) mass is 296 g/mol. The molecule has 17 heavy (non-hydrogen) atoms. The molecular weight excluding hydrogens is 276 g/mol. The number of nitrogens with zero attached hydrogens (tertiary/aromatic N) is 1. The maximum atomic E-state index is 6.21. The summed E-state index contributed by atoms with van der Waals surface area (Å²) in [4.78, 5) is 2.46. The van der Waals surface area contributed by atoms with Crippen LogP contribution in [0.4, 0.5) is 0 Å². The molecular formula is C14H21BrN2. The summed E-state index contributed by atoms with van der Waals surface area (Å²) < 4.78 is 1.11. The summed E-state index contributed by atoms with van der Waals surface area (Å²) in [7, 11) is 2.22. The topological polar surface area (TPSA) is 29.3 Å². The quantitative estimate of drug-likeness (QED) is 0.903. The van der Waals surface area contributed by atoms with Gasteiger partial charge in [-0.15, -0.1) is 0 Å². The smallest absolute Gasteiger partial charge is 0.0307 e. The van der Waals surface area contributed by atoms with Gasteiger partial charge >= 0.3 is 0 Å². The van der Waals surface area contributed by atoms with Gasteiger partial charge in [-0.25, -0.2) is 0 Å². The fourth-order valence-corrected chi connectivity index (χ4v) is 2.49. The van der Waals surface area contributed by atoms with Crippen LogP contribution in [0.1, 0.15) is 37.3 Å². The van der Waals surface area contributed by atoms with E-state index in [4.69, 9.17) is 5.73 Å². The lowest BCUT2D eigenvalue weighted by molar-refractivity contribution is 0.155. The van der Waals surface area contributed by atoms with E-state index in [9.17, 15) is 0 Å². The van der Waals surface area contributed by atoms with Crippen molar-refractivity contribution < 1.29 is 0 Å². The number of benzene rings is 1. The van der Waals surface area contributed by atoms with Crippen molar-refractivity contribution in [3.8, 4) is 0 Å². The van der Waals surface area contributed by atoms with Crippen LogP contribution in [0.2, 0.25) is 0 Å². The molecule has 0 aliphatic heterocycles. The molecule has 0 spiro atoms. The predicted molar refractivity (Wildman–Crippen MR) is 76.0 cm³/mol. The molecule has 1 aromatic rings. The van der Waals surface area contributed by atoms with Gasteiger partial charge < -0.3 is 10.6 Å². The van der Waals surface area contributed by atoms with Gasteiger partial charge in [-0.3, -0.25) is 0 Å². The van der Waals surface area contributed by atoms with Crippen LogP contribution in [0.3, 0.4) is 0 Å². The van der Waals surface area contributed by atoms with Crippen LogP contribution >= 0.6 is 15.9 Å². The summed E-state index contributed by atoms with van der Waals surface area (Å²) in [6.07, 6.45) is 5.16. The molecule has 0 heterocycles. The summed E-state index contributed by atoms with van der Waals surface area (Å²) in [5.74, 6) is 0. The standard InChI is InChI=1S/C14H21BrN2/c1-17(13-3-2-4-13)10-9-14(16)11-5-7-12(15)8-6-11/h5-8,13-14H,2-4,9-10,16H2,1H3. The Kier molecular flexibility index (Phi) is 4.60. The molecule has 1 saturated carbocycles. The van der Waals surface area contributed by atoms with Crippen LogP contribution in [0, 0.1) is 0 Å². The minimum Gasteiger partial charge on any atom is -0.324 e. The van der Waals surface area contributed by atoms with Crippen LogP contribution in [-0.2, 0) is 0 Å². The lowest BCUT2D eigenvalue weighted by atomic mass is 9.91. The second-order valence-electron chi connectivity index (χ2n) is 5.01. The minimum absolute atomic E-state index is 0.158. The fraction of sp³-hybridized carbons (Fsp3) is 0.571. The van der Waals surface area contributed by atoms with E-state index < -0.39 is 0 Å². The Morgan fingerprint density at radius 1 is 1.35 bits per heavy atom. The molecule has 0 amide bonds. The van der Waals surface area contributed by atoms with E-state index in [0.717, 1.165) is 23.5 Å². The zero-order valence-electron chi connectivity index (χ0n) is 10.4. The van der Waals surface area contributed by atoms with Crippen LogP contribution in [-0.4, -0.2) is 24.5 Å². The molecule has 1 aliphatic carbocycles. The summed E-state index contributed by atoms with van der Waals surface area (Å²) in [5.41, 5.74) is 7.44. The average Bonchev–Trinajstić information content (AvgIpc) is 2.24. The predicted octanol–water partition coefficient (Wildman–Crippen LogP) is 3.32. The molecule has 0 bridgehead atoms. The first-order valence-corrected chi connectivity index (χ1v) is 7.17. The Morgan fingerprint density at radius 2 is 2.00 bits per heavy atom. The molecule has 3 heteroatoms. The van der Waals surface area contributed by atoms with Crippen LogP contribution in [0.5, 0.6) is 0 Å². The number of rotatable bonds is 5. The average molecular weight is 297 g/mol.